The topological polar surface area (TPSA) is 67.8 Å². The molecule has 24 heavy (non-hydrogen) atoms. The van der Waals surface area contributed by atoms with E-state index < -0.39 is 6.10 Å². The highest BCUT2D eigenvalue weighted by atomic mass is 32.1. The van der Waals surface area contributed by atoms with Gasteiger partial charge in [-0.25, -0.2) is 0 Å². The van der Waals surface area contributed by atoms with Crippen molar-refractivity contribution in [2.75, 3.05) is 20.8 Å². The number of carbonyl (C=O) groups excluding carboxylic acids is 1. The first-order chi connectivity index (χ1) is 11.6. The van der Waals surface area contributed by atoms with Gasteiger partial charge in [-0.05, 0) is 41.6 Å². The zero-order valence-corrected chi connectivity index (χ0v) is 14.5. The summed E-state index contributed by atoms with van der Waals surface area (Å²) in [6, 6.07) is 9.20. The van der Waals surface area contributed by atoms with E-state index in [-0.39, 0.29) is 5.91 Å². The lowest BCUT2D eigenvalue weighted by Crippen LogP contribution is -2.23. The second-order valence-corrected chi connectivity index (χ2v) is 6.04. The molecule has 0 aliphatic rings. The van der Waals surface area contributed by atoms with Crippen molar-refractivity contribution in [1.29, 1.82) is 0 Å². The van der Waals surface area contributed by atoms with Gasteiger partial charge in [-0.2, -0.15) is 0 Å². The highest BCUT2D eigenvalue weighted by Gasteiger charge is 2.08. The van der Waals surface area contributed by atoms with Gasteiger partial charge in [0.15, 0.2) is 11.5 Å². The Labute approximate surface area is 145 Å². The Bertz CT molecular complexity index is 682. The maximum absolute atomic E-state index is 11.8. The van der Waals surface area contributed by atoms with Gasteiger partial charge in [-0.1, -0.05) is 12.1 Å². The zero-order chi connectivity index (χ0) is 17.4. The number of aliphatic hydroxyl groups is 1. The van der Waals surface area contributed by atoms with Crippen LogP contribution in [0.4, 0.5) is 0 Å². The quantitative estimate of drug-likeness (QED) is 0.720. The van der Waals surface area contributed by atoms with Crippen LogP contribution in [0.5, 0.6) is 11.5 Å². The molecule has 1 amide bonds. The summed E-state index contributed by atoms with van der Waals surface area (Å²) in [4.78, 5) is 12.7. The minimum Gasteiger partial charge on any atom is -0.493 e. The summed E-state index contributed by atoms with van der Waals surface area (Å²) in [6.07, 6.45) is 3.10. The van der Waals surface area contributed by atoms with Crippen LogP contribution in [0.3, 0.4) is 0 Å². The summed E-state index contributed by atoms with van der Waals surface area (Å²) in [6.45, 7) is 0.411. The standard InChI is InChI=1S/C18H21NO4S/c1-22-15-7-5-13(12-16(15)23-2)6-8-18(21)19-10-9-14(20)17-4-3-11-24-17/h3-8,11-12,14,20H,9-10H2,1-2H3,(H,19,21)/b8-6+. The normalized spacial score (nSPS) is 12.1. The van der Waals surface area contributed by atoms with E-state index in [9.17, 15) is 9.90 Å². The number of thiophene rings is 1. The number of carbonyl (C=O) groups is 1. The Morgan fingerprint density at radius 1 is 1.29 bits per heavy atom. The van der Waals surface area contributed by atoms with Gasteiger partial charge >= 0.3 is 0 Å². The van der Waals surface area contributed by atoms with Crippen molar-refractivity contribution >= 4 is 23.3 Å². The van der Waals surface area contributed by atoms with Gasteiger partial charge in [0.05, 0.1) is 20.3 Å². The van der Waals surface area contributed by atoms with Crippen LogP contribution in [0.1, 0.15) is 23.0 Å². The van der Waals surface area contributed by atoms with Crippen molar-refractivity contribution in [2.45, 2.75) is 12.5 Å². The number of benzene rings is 1. The largest absolute Gasteiger partial charge is 0.493 e. The average molecular weight is 347 g/mol. The molecule has 0 aliphatic heterocycles. The number of methoxy groups -OCH3 is 2. The number of hydrogen-bond acceptors (Lipinski definition) is 5. The summed E-state index contributed by atoms with van der Waals surface area (Å²) in [5, 5.41) is 14.6. The molecule has 0 aliphatic carbocycles. The second-order valence-electron chi connectivity index (χ2n) is 5.06. The fourth-order valence-corrected chi connectivity index (χ4v) is 2.89. The predicted octanol–water partition coefficient (Wildman–Crippen LogP) is 3.02. The Kier molecular flexibility index (Phi) is 6.84. The fourth-order valence-electron chi connectivity index (χ4n) is 2.14. The Hall–Kier alpha value is -2.31. The van der Waals surface area contributed by atoms with Crippen LogP contribution in [-0.2, 0) is 4.79 Å². The Morgan fingerprint density at radius 2 is 2.08 bits per heavy atom. The molecule has 1 heterocycles. The van der Waals surface area contributed by atoms with E-state index in [4.69, 9.17) is 9.47 Å². The van der Waals surface area contributed by atoms with Gasteiger partial charge in [-0.15, -0.1) is 11.3 Å². The van der Waals surface area contributed by atoms with Gasteiger partial charge in [0.1, 0.15) is 0 Å². The number of rotatable bonds is 8. The van der Waals surface area contributed by atoms with Gasteiger partial charge in [0.2, 0.25) is 5.91 Å². The lowest BCUT2D eigenvalue weighted by atomic mass is 10.2. The fraction of sp³-hybridized carbons (Fsp3) is 0.278. The molecule has 1 aromatic heterocycles. The lowest BCUT2D eigenvalue weighted by molar-refractivity contribution is -0.116. The summed E-state index contributed by atoms with van der Waals surface area (Å²) in [7, 11) is 3.14. The number of ether oxygens (including phenoxy) is 2. The number of amides is 1. The second kappa shape index (κ2) is 9.10. The molecule has 128 valence electrons. The molecule has 6 heteroatoms. The summed E-state index contributed by atoms with van der Waals surface area (Å²) in [5.74, 6) is 1.05. The van der Waals surface area contributed by atoms with E-state index in [0.717, 1.165) is 10.4 Å². The van der Waals surface area contributed by atoms with Crippen LogP contribution in [0, 0.1) is 0 Å². The van der Waals surface area contributed by atoms with E-state index >= 15 is 0 Å². The third-order valence-electron chi connectivity index (χ3n) is 3.42. The van der Waals surface area contributed by atoms with Crippen molar-refractivity contribution in [3.8, 4) is 11.5 Å². The number of aliphatic hydroxyl groups excluding tert-OH is 1. The molecule has 0 bridgehead atoms. The molecule has 0 spiro atoms. The maximum Gasteiger partial charge on any atom is 0.244 e. The molecule has 0 fully saturated rings. The smallest absolute Gasteiger partial charge is 0.244 e. The van der Waals surface area contributed by atoms with E-state index in [0.29, 0.717) is 24.5 Å². The molecule has 2 aromatic rings. The highest BCUT2D eigenvalue weighted by molar-refractivity contribution is 7.10. The van der Waals surface area contributed by atoms with Crippen LogP contribution in [0.15, 0.2) is 41.8 Å². The minimum absolute atomic E-state index is 0.205. The third kappa shape index (κ3) is 5.11. The Morgan fingerprint density at radius 3 is 2.75 bits per heavy atom. The van der Waals surface area contributed by atoms with E-state index in [1.807, 2.05) is 23.6 Å². The van der Waals surface area contributed by atoms with Crippen molar-refractivity contribution in [3.63, 3.8) is 0 Å². The van der Waals surface area contributed by atoms with Crippen molar-refractivity contribution in [1.82, 2.24) is 5.32 Å². The van der Waals surface area contributed by atoms with Crippen molar-refractivity contribution in [2.24, 2.45) is 0 Å². The molecular formula is C18H21NO4S. The molecule has 2 rings (SSSR count). The van der Waals surface area contributed by atoms with Gasteiger partial charge in [0.25, 0.3) is 0 Å². The van der Waals surface area contributed by atoms with Crippen molar-refractivity contribution in [3.05, 3.63) is 52.2 Å². The maximum atomic E-state index is 11.8. The minimum atomic E-state index is -0.542. The molecule has 0 saturated heterocycles. The molecule has 2 N–H and O–H groups in total. The Balaban J connectivity index is 1.82. The van der Waals surface area contributed by atoms with Crippen LogP contribution in [0.2, 0.25) is 0 Å². The summed E-state index contributed by atoms with van der Waals surface area (Å²) in [5.41, 5.74) is 0.835. The first-order valence-electron chi connectivity index (χ1n) is 7.53. The third-order valence-corrected chi connectivity index (χ3v) is 4.40. The zero-order valence-electron chi connectivity index (χ0n) is 13.7. The monoisotopic (exact) mass is 347 g/mol. The highest BCUT2D eigenvalue weighted by Crippen LogP contribution is 2.27. The summed E-state index contributed by atoms with van der Waals surface area (Å²) < 4.78 is 10.4. The number of hydrogen-bond donors (Lipinski definition) is 2. The molecule has 1 atom stereocenters. The molecule has 1 unspecified atom stereocenters. The summed E-state index contributed by atoms with van der Waals surface area (Å²) >= 11 is 1.51. The van der Waals surface area contributed by atoms with Crippen LogP contribution >= 0.6 is 11.3 Å². The van der Waals surface area contributed by atoms with Crippen LogP contribution in [0.25, 0.3) is 6.08 Å². The number of nitrogens with one attached hydrogen (secondary N) is 1. The predicted molar refractivity (Wildman–Crippen MR) is 95.5 cm³/mol. The van der Waals surface area contributed by atoms with E-state index in [1.54, 1.807) is 32.4 Å². The van der Waals surface area contributed by atoms with Crippen LogP contribution < -0.4 is 14.8 Å². The first-order valence-corrected chi connectivity index (χ1v) is 8.41. The first kappa shape index (κ1) is 18.0. The van der Waals surface area contributed by atoms with Gasteiger partial charge in [-0.3, -0.25) is 4.79 Å². The average Bonchev–Trinajstić information content (AvgIpc) is 3.14. The van der Waals surface area contributed by atoms with Crippen molar-refractivity contribution < 1.29 is 19.4 Å². The molecule has 0 saturated carbocycles. The van der Waals surface area contributed by atoms with E-state index in [1.165, 1.54) is 17.4 Å². The van der Waals surface area contributed by atoms with Gasteiger partial charge < -0.3 is 19.9 Å². The van der Waals surface area contributed by atoms with Crippen LogP contribution in [-0.4, -0.2) is 31.8 Å². The SMILES string of the molecule is COc1ccc(/C=C/C(=O)NCCC(O)c2cccs2)cc1OC. The molecule has 1 aromatic carbocycles. The molecule has 0 radical (unpaired) electrons. The lowest BCUT2D eigenvalue weighted by Gasteiger charge is -2.09. The molecular weight excluding hydrogens is 326 g/mol. The van der Waals surface area contributed by atoms with Gasteiger partial charge in [0, 0.05) is 17.5 Å². The molecule has 5 nitrogen and oxygen atoms in total. The van der Waals surface area contributed by atoms with E-state index in [2.05, 4.69) is 5.32 Å².